The predicted molar refractivity (Wildman–Crippen MR) is 78.5 cm³/mol. The summed E-state index contributed by atoms with van der Waals surface area (Å²) in [5.74, 6) is -0.376. The Hall–Kier alpha value is -2.04. The minimum atomic E-state index is -0.966. The molecule has 4 nitrogen and oxygen atoms in total. The van der Waals surface area contributed by atoms with E-state index >= 15 is 0 Å². The largest absolute Gasteiger partial charge is 0.478 e. The van der Waals surface area contributed by atoms with Gasteiger partial charge in [0, 0.05) is 5.56 Å². The molecule has 1 heterocycles. The van der Waals surface area contributed by atoms with Crippen LogP contribution in [0.5, 0.6) is 0 Å². The van der Waals surface area contributed by atoms with Gasteiger partial charge in [-0.25, -0.2) is 9.78 Å². The highest BCUT2D eigenvalue weighted by atomic mass is 35.5. The summed E-state index contributed by atoms with van der Waals surface area (Å²) in [6, 6.07) is 9.79. The summed E-state index contributed by atoms with van der Waals surface area (Å²) in [6.07, 6.45) is 0. The molecule has 3 rings (SSSR count). The number of hydrogen-bond donors (Lipinski definition) is 2. The minimum absolute atomic E-state index is 0.223. The SMILES string of the molecule is O=C(O)c1ccc(-c2nc3c(Cl)ccc(Cl)c3[nH]2)cc1. The number of H-pyrrole nitrogens is 1. The maximum absolute atomic E-state index is 10.8. The molecule has 0 amide bonds. The summed E-state index contributed by atoms with van der Waals surface area (Å²) in [6.45, 7) is 0. The van der Waals surface area contributed by atoms with E-state index in [4.69, 9.17) is 28.3 Å². The van der Waals surface area contributed by atoms with E-state index in [0.29, 0.717) is 26.9 Å². The first-order valence-corrected chi connectivity index (χ1v) is 6.49. The van der Waals surface area contributed by atoms with E-state index in [1.165, 1.54) is 12.1 Å². The molecule has 0 saturated carbocycles. The van der Waals surface area contributed by atoms with Crippen LogP contribution >= 0.6 is 23.2 Å². The molecular formula is C14H8Cl2N2O2. The zero-order valence-corrected chi connectivity index (χ0v) is 11.5. The average Bonchev–Trinajstić information content (AvgIpc) is 2.89. The molecule has 0 atom stereocenters. The molecule has 0 saturated heterocycles. The first-order valence-electron chi connectivity index (χ1n) is 5.73. The fourth-order valence-electron chi connectivity index (χ4n) is 1.93. The fraction of sp³-hybridized carbons (Fsp3) is 0. The lowest BCUT2D eigenvalue weighted by atomic mass is 10.1. The second kappa shape index (κ2) is 4.81. The van der Waals surface area contributed by atoms with Crippen molar-refractivity contribution in [3.8, 4) is 11.4 Å². The number of carboxylic acid groups (broad SMARTS) is 1. The molecule has 0 aliphatic rings. The summed E-state index contributed by atoms with van der Waals surface area (Å²) < 4.78 is 0. The number of aromatic nitrogens is 2. The Morgan fingerprint density at radius 1 is 1.05 bits per heavy atom. The minimum Gasteiger partial charge on any atom is -0.478 e. The van der Waals surface area contributed by atoms with Crippen LogP contribution in [0.3, 0.4) is 0 Å². The average molecular weight is 307 g/mol. The van der Waals surface area contributed by atoms with Gasteiger partial charge in [0.25, 0.3) is 0 Å². The number of rotatable bonds is 2. The Labute approximate surface area is 124 Å². The topological polar surface area (TPSA) is 66.0 Å². The van der Waals surface area contributed by atoms with Crippen molar-refractivity contribution in [2.24, 2.45) is 0 Å². The third-order valence-electron chi connectivity index (χ3n) is 2.95. The number of halogens is 2. The number of imidazole rings is 1. The lowest BCUT2D eigenvalue weighted by Crippen LogP contribution is -1.95. The van der Waals surface area contributed by atoms with Crippen molar-refractivity contribution in [3.05, 3.63) is 52.0 Å². The summed E-state index contributed by atoms with van der Waals surface area (Å²) in [7, 11) is 0. The van der Waals surface area contributed by atoms with Gasteiger partial charge in [0.05, 0.1) is 21.1 Å². The van der Waals surface area contributed by atoms with Crippen molar-refractivity contribution >= 4 is 40.2 Å². The number of benzene rings is 2. The lowest BCUT2D eigenvalue weighted by Gasteiger charge is -1.97. The van der Waals surface area contributed by atoms with Gasteiger partial charge in [0.15, 0.2) is 0 Å². The molecule has 2 aromatic carbocycles. The van der Waals surface area contributed by atoms with Crippen molar-refractivity contribution < 1.29 is 9.90 Å². The highest BCUT2D eigenvalue weighted by molar-refractivity contribution is 6.39. The van der Waals surface area contributed by atoms with Crippen LogP contribution in [-0.4, -0.2) is 21.0 Å². The molecule has 0 bridgehead atoms. The monoisotopic (exact) mass is 306 g/mol. The number of nitrogens with one attached hydrogen (secondary N) is 1. The maximum atomic E-state index is 10.8. The normalized spacial score (nSPS) is 10.9. The van der Waals surface area contributed by atoms with Gasteiger partial charge < -0.3 is 10.1 Å². The van der Waals surface area contributed by atoms with E-state index in [0.717, 1.165) is 5.56 Å². The van der Waals surface area contributed by atoms with Gasteiger partial charge in [-0.15, -0.1) is 0 Å². The number of nitrogens with zero attached hydrogens (tertiary/aromatic N) is 1. The van der Waals surface area contributed by atoms with Crippen LogP contribution < -0.4 is 0 Å². The van der Waals surface area contributed by atoms with Gasteiger partial charge in [-0.3, -0.25) is 0 Å². The van der Waals surface area contributed by atoms with E-state index in [1.54, 1.807) is 24.3 Å². The number of fused-ring (bicyclic) bond motifs is 1. The van der Waals surface area contributed by atoms with Crippen molar-refractivity contribution in [2.75, 3.05) is 0 Å². The number of hydrogen-bond acceptors (Lipinski definition) is 2. The van der Waals surface area contributed by atoms with Crippen LogP contribution in [0.1, 0.15) is 10.4 Å². The van der Waals surface area contributed by atoms with E-state index in [2.05, 4.69) is 9.97 Å². The Bertz CT molecular complexity index is 771. The molecule has 100 valence electrons. The van der Waals surface area contributed by atoms with Crippen molar-refractivity contribution in [1.82, 2.24) is 9.97 Å². The van der Waals surface area contributed by atoms with Crippen molar-refractivity contribution in [1.29, 1.82) is 0 Å². The van der Waals surface area contributed by atoms with E-state index in [-0.39, 0.29) is 5.56 Å². The third-order valence-corrected chi connectivity index (χ3v) is 3.57. The second-order valence-electron chi connectivity index (χ2n) is 4.22. The first kappa shape index (κ1) is 13.0. The molecule has 0 spiro atoms. The van der Waals surface area contributed by atoms with Gasteiger partial charge in [-0.1, -0.05) is 35.3 Å². The molecule has 3 aromatic rings. The van der Waals surface area contributed by atoms with Gasteiger partial charge in [0.1, 0.15) is 11.3 Å². The van der Waals surface area contributed by atoms with Crippen LogP contribution in [0.15, 0.2) is 36.4 Å². The lowest BCUT2D eigenvalue weighted by molar-refractivity contribution is 0.0697. The van der Waals surface area contributed by atoms with Gasteiger partial charge in [-0.05, 0) is 24.3 Å². The molecule has 0 aliphatic carbocycles. The Morgan fingerprint density at radius 2 is 1.70 bits per heavy atom. The Balaban J connectivity index is 2.12. The molecule has 2 N–H and O–H groups in total. The van der Waals surface area contributed by atoms with Crippen LogP contribution in [0.2, 0.25) is 10.0 Å². The fourth-order valence-corrected chi connectivity index (χ4v) is 2.33. The summed E-state index contributed by atoms with van der Waals surface area (Å²) in [4.78, 5) is 18.3. The maximum Gasteiger partial charge on any atom is 0.335 e. The van der Waals surface area contributed by atoms with Crippen LogP contribution in [-0.2, 0) is 0 Å². The molecule has 20 heavy (non-hydrogen) atoms. The zero-order chi connectivity index (χ0) is 14.3. The van der Waals surface area contributed by atoms with Crippen molar-refractivity contribution in [2.45, 2.75) is 0 Å². The summed E-state index contributed by atoms with van der Waals surface area (Å²) in [5.41, 5.74) is 2.24. The molecular weight excluding hydrogens is 299 g/mol. The van der Waals surface area contributed by atoms with E-state index in [1.807, 2.05) is 0 Å². The number of aromatic amines is 1. The van der Waals surface area contributed by atoms with E-state index < -0.39 is 5.97 Å². The highest BCUT2D eigenvalue weighted by Gasteiger charge is 2.11. The summed E-state index contributed by atoms with van der Waals surface area (Å²) >= 11 is 12.2. The zero-order valence-electron chi connectivity index (χ0n) is 10.0. The second-order valence-corrected chi connectivity index (χ2v) is 5.04. The molecule has 0 unspecified atom stereocenters. The van der Waals surface area contributed by atoms with E-state index in [9.17, 15) is 4.79 Å². The van der Waals surface area contributed by atoms with Crippen LogP contribution in [0.25, 0.3) is 22.4 Å². The standard InChI is InChI=1S/C14H8Cl2N2O2/c15-9-5-6-10(16)12-11(9)17-13(18-12)7-1-3-8(4-2-7)14(19)20/h1-6H,(H,17,18)(H,19,20). The highest BCUT2D eigenvalue weighted by Crippen LogP contribution is 2.30. The molecule has 0 radical (unpaired) electrons. The molecule has 6 heteroatoms. The Morgan fingerprint density at radius 3 is 2.30 bits per heavy atom. The van der Waals surface area contributed by atoms with Gasteiger partial charge in [0.2, 0.25) is 0 Å². The number of aromatic carboxylic acids is 1. The van der Waals surface area contributed by atoms with Gasteiger partial charge in [-0.2, -0.15) is 0 Å². The quantitative estimate of drug-likeness (QED) is 0.744. The number of carbonyl (C=O) groups is 1. The van der Waals surface area contributed by atoms with Crippen LogP contribution in [0, 0.1) is 0 Å². The smallest absolute Gasteiger partial charge is 0.335 e. The first-order chi connectivity index (χ1) is 9.56. The van der Waals surface area contributed by atoms with Gasteiger partial charge >= 0.3 is 5.97 Å². The summed E-state index contributed by atoms with van der Waals surface area (Å²) in [5, 5.41) is 9.92. The molecule has 0 aliphatic heterocycles. The third kappa shape index (κ3) is 2.13. The number of carboxylic acids is 1. The molecule has 0 fully saturated rings. The van der Waals surface area contributed by atoms with Crippen molar-refractivity contribution in [3.63, 3.8) is 0 Å². The predicted octanol–water partition coefficient (Wildman–Crippen LogP) is 4.23. The Kier molecular flexibility index (Phi) is 3.12. The molecule has 1 aromatic heterocycles. The van der Waals surface area contributed by atoms with Crippen LogP contribution in [0.4, 0.5) is 0 Å².